The number of rotatable bonds is 2. The average Bonchev–Trinajstić information content (AvgIpc) is 3.32. The van der Waals surface area contributed by atoms with Gasteiger partial charge in [-0.2, -0.15) is 0 Å². The Hall–Kier alpha value is -2.22. The number of nitrogens with zero attached hydrogens (tertiary/aromatic N) is 4. The van der Waals surface area contributed by atoms with E-state index in [1.54, 1.807) is 11.8 Å². The van der Waals surface area contributed by atoms with Crippen molar-refractivity contribution < 1.29 is 4.79 Å². The number of fused-ring (bicyclic) bond motifs is 1. The van der Waals surface area contributed by atoms with Crippen LogP contribution in [0.2, 0.25) is 0 Å². The lowest BCUT2D eigenvalue weighted by Gasteiger charge is -2.42. The summed E-state index contributed by atoms with van der Waals surface area (Å²) in [5.74, 6) is 1.46. The maximum Gasteiger partial charge on any atom is 0.323 e. The van der Waals surface area contributed by atoms with Gasteiger partial charge in [0.1, 0.15) is 5.65 Å². The number of hydrogen-bond acceptors (Lipinski definition) is 5. The second-order valence-electron chi connectivity index (χ2n) is 6.93. The van der Waals surface area contributed by atoms with Crippen molar-refractivity contribution in [2.75, 3.05) is 37.3 Å². The summed E-state index contributed by atoms with van der Waals surface area (Å²) in [4.78, 5) is 28.7. The summed E-state index contributed by atoms with van der Waals surface area (Å²) >= 11 is 1.61. The zero-order valence-corrected chi connectivity index (χ0v) is 15.9. The van der Waals surface area contributed by atoms with E-state index < -0.39 is 0 Å². The summed E-state index contributed by atoms with van der Waals surface area (Å²) in [5.41, 5.74) is 2.04. The topological polar surface area (TPSA) is 76.6 Å². The Bertz CT molecular complexity index is 834. The molecule has 2 aromatic rings. The number of anilines is 1. The third kappa shape index (κ3) is 3.25. The fourth-order valence-corrected chi connectivity index (χ4v) is 4.47. The fourth-order valence-electron chi connectivity index (χ4n) is 3.75. The van der Waals surface area contributed by atoms with E-state index in [0.29, 0.717) is 12.5 Å². The van der Waals surface area contributed by atoms with Gasteiger partial charge in [-0.15, -0.1) is 0 Å². The van der Waals surface area contributed by atoms with Gasteiger partial charge in [0.25, 0.3) is 0 Å². The number of urea groups is 1. The van der Waals surface area contributed by atoms with Crippen molar-refractivity contribution in [1.82, 2.24) is 20.2 Å². The molecular formula is C18H24N6OS. The Morgan fingerprint density at radius 2 is 2.35 bits per heavy atom. The van der Waals surface area contributed by atoms with E-state index in [-0.39, 0.29) is 12.1 Å². The molecule has 138 valence electrons. The van der Waals surface area contributed by atoms with Crippen molar-refractivity contribution >= 4 is 39.7 Å². The van der Waals surface area contributed by atoms with Gasteiger partial charge in [-0.3, -0.25) is 10.3 Å². The molecule has 2 amide bonds. The Labute approximate surface area is 157 Å². The zero-order chi connectivity index (χ0) is 18.1. The van der Waals surface area contributed by atoms with Crippen LogP contribution in [0.25, 0.3) is 11.0 Å². The molecule has 4 rings (SSSR count). The smallest absolute Gasteiger partial charge is 0.323 e. The summed E-state index contributed by atoms with van der Waals surface area (Å²) in [6, 6.07) is 4.33. The van der Waals surface area contributed by atoms with Gasteiger partial charge >= 0.3 is 6.03 Å². The van der Waals surface area contributed by atoms with Gasteiger partial charge in [-0.05, 0) is 24.5 Å². The largest absolute Gasteiger partial charge is 0.369 e. The van der Waals surface area contributed by atoms with Gasteiger partial charge in [-0.25, -0.2) is 9.78 Å². The van der Waals surface area contributed by atoms with Crippen LogP contribution in [0.1, 0.15) is 13.3 Å². The number of H-pyrrole nitrogens is 1. The van der Waals surface area contributed by atoms with E-state index >= 15 is 0 Å². The summed E-state index contributed by atoms with van der Waals surface area (Å²) in [7, 11) is 2.11. The number of carbonyl (C=O) groups excluding carboxylic acids is 1. The fraction of sp³-hybridized carbons (Fsp3) is 0.500. The average molecular weight is 372 g/mol. The third-order valence-electron chi connectivity index (χ3n) is 5.32. The van der Waals surface area contributed by atoms with Crippen LogP contribution in [0.5, 0.6) is 0 Å². The first-order chi connectivity index (χ1) is 12.6. The molecule has 0 aliphatic carbocycles. The number of nitrogens with one attached hydrogen (secondary N) is 2. The second-order valence-corrected chi connectivity index (χ2v) is 8.01. The van der Waals surface area contributed by atoms with Crippen LogP contribution < -0.4 is 10.2 Å². The molecule has 2 aliphatic rings. The number of carbonyl (C=O) groups is 1. The Balaban J connectivity index is 1.51. The Morgan fingerprint density at radius 1 is 1.46 bits per heavy atom. The van der Waals surface area contributed by atoms with Crippen molar-refractivity contribution in [1.29, 1.82) is 0 Å². The Kier molecular flexibility index (Phi) is 4.76. The first kappa shape index (κ1) is 17.2. The molecule has 1 saturated heterocycles. The summed E-state index contributed by atoms with van der Waals surface area (Å²) < 4.78 is 0. The second kappa shape index (κ2) is 7.19. The lowest BCUT2D eigenvalue weighted by Crippen LogP contribution is -2.55. The highest BCUT2D eigenvalue weighted by molar-refractivity contribution is 8.14. The highest BCUT2D eigenvalue weighted by Gasteiger charge is 2.32. The number of likely N-dealkylation sites (N-methyl/N-ethyl adjacent to an activating group) is 1. The van der Waals surface area contributed by atoms with E-state index in [2.05, 4.69) is 45.2 Å². The minimum absolute atomic E-state index is 0.0371. The summed E-state index contributed by atoms with van der Waals surface area (Å²) in [5, 5.41) is 4.82. The molecule has 7 nitrogen and oxygen atoms in total. The quantitative estimate of drug-likeness (QED) is 0.849. The van der Waals surface area contributed by atoms with Gasteiger partial charge in [-0.1, -0.05) is 18.7 Å². The third-order valence-corrected chi connectivity index (χ3v) is 6.21. The Morgan fingerprint density at radius 3 is 3.15 bits per heavy atom. The molecule has 2 atom stereocenters. The minimum Gasteiger partial charge on any atom is -0.369 e. The normalized spacial score (nSPS) is 23.2. The monoisotopic (exact) mass is 372 g/mol. The molecule has 4 heterocycles. The number of thioether (sulfide) groups is 1. The van der Waals surface area contributed by atoms with Crippen LogP contribution >= 0.6 is 11.8 Å². The van der Waals surface area contributed by atoms with Crippen molar-refractivity contribution in [2.24, 2.45) is 10.9 Å². The number of amides is 2. The molecule has 26 heavy (non-hydrogen) atoms. The molecule has 2 aromatic heterocycles. The lowest BCUT2D eigenvalue weighted by atomic mass is 9.92. The summed E-state index contributed by atoms with van der Waals surface area (Å²) in [6.07, 6.45) is 4.74. The van der Waals surface area contributed by atoms with E-state index in [0.717, 1.165) is 47.2 Å². The molecule has 0 bridgehead atoms. The number of pyridine rings is 1. The van der Waals surface area contributed by atoms with E-state index in [1.165, 1.54) is 0 Å². The molecule has 1 fully saturated rings. The number of aromatic nitrogens is 2. The van der Waals surface area contributed by atoms with Crippen LogP contribution in [0, 0.1) is 5.92 Å². The minimum atomic E-state index is -0.0371. The molecule has 8 heteroatoms. The van der Waals surface area contributed by atoms with Crippen molar-refractivity contribution in [3.63, 3.8) is 0 Å². The van der Waals surface area contributed by atoms with Crippen molar-refractivity contribution in [3.05, 3.63) is 24.5 Å². The van der Waals surface area contributed by atoms with Gasteiger partial charge in [0.2, 0.25) is 0 Å². The SMILES string of the molecule is CC1CCN(C(=O)NC2=NCCS2)CC1N(C)c1ccnc2[nH]ccc12. The standard InChI is InChI=1S/C18H24N6OS/c1-12-5-9-24(18(25)22-17-21-8-10-26-17)11-15(12)23(2)14-4-7-20-16-13(14)3-6-19-16/h3-4,6-7,12,15H,5,8-11H2,1-2H3,(H,19,20)(H,21,22,25). The van der Waals surface area contributed by atoms with Crippen LogP contribution in [0.3, 0.4) is 0 Å². The molecule has 0 spiro atoms. The van der Waals surface area contributed by atoms with Gasteiger partial charge < -0.3 is 14.8 Å². The number of aliphatic imine (C=N–C) groups is 1. The van der Waals surface area contributed by atoms with Crippen LogP contribution in [0.15, 0.2) is 29.5 Å². The highest BCUT2D eigenvalue weighted by Crippen LogP contribution is 2.30. The number of aromatic amines is 1. The van der Waals surface area contributed by atoms with Crippen molar-refractivity contribution in [3.8, 4) is 0 Å². The number of likely N-dealkylation sites (tertiary alicyclic amines) is 1. The van der Waals surface area contributed by atoms with Crippen LogP contribution in [-0.2, 0) is 0 Å². The molecule has 2 N–H and O–H groups in total. The zero-order valence-electron chi connectivity index (χ0n) is 15.1. The number of amidine groups is 1. The van der Waals surface area contributed by atoms with Gasteiger partial charge in [0, 0.05) is 55.4 Å². The maximum atomic E-state index is 12.6. The van der Waals surface area contributed by atoms with E-state index in [9.17, 15) is 4.79 Å². The van der Waals surface area contributed by atoms with Gasteiger partial charge in [0.05, 0.1) is 6.54 Å². The lowest BCUT2D eigenvalue weighted by molar-refractivity contribution is 0.165. The molecule has 0 radical (unpaired) electrons. The first-order valence-electron chi connectivity index (χ1n) is 9.01. The first-order valence-corrected chi connectivity index (χ1v) is 10.00. The molecule has 2 unspecified atom stereocenters. The van der Waals surface area contributed by atoms with Crippen molar-refractivity contribution in [2.45, 2.75) is 19.4 Å². The van der Waals surface area contributed by atoms with Crippen LogP contribution in [-0.4, -0.2) is 64.5 Å². The maximum absolute atomic E-state index is 12.6. The molecule has 0 saturated carbocycles. The number of hydrogen-bond donors (Lipinski definition) is 2. The van der Waals surface area contributed by atoms with E-state index in [1.807, 2.05) is 23.4 Å². The molecule has 2 aliphatic heterocycles. The predicted octanol–water partition coefficient (Wildman–Crippen LogP) is 2.52. The molecular weight excluding hydrogens is 348 g/mol. The van der Waals surface area contributed by atoms with Crippen LogP contribution in [0.4, 0.5) is 10.5 Å². The van der Waals surface area contributed by atoms with Gasteiger partial charge in [0.15, 0.2) is 5.17 Å². The van der Waals surface area contributed by atoms with E-state index in [4.69, 9.17) is 0 Å². The number of piperidine rings is 1. The highest BCUT2D eigenvalue weighted by atomic mass is 32.2. The summed E-state index contributed by atoms with van der Waals surface area (Å²) in [6.45, 7) is 4.54. The predicted molar refractivity (Wildman–Crippen MR) is 107 cm³/mol. The molecule has 0 aromatic carbocycles.